The van der Waals surface area contributed by atoms with Crippen molar-refractivity contribution in [2.24, 2.45) is 0 Å². The Bertz CT molecular complexity index is 812. The molecule has 2 aromatic carbocycles. The van der Waals surface area contributed by atoms with Crippen LogP contribution in [0, 0.1) is 3.57 Å². The average Bonchev–Trinajstić information content (AvgIpc) is 2.65. The van der Waals surface area contributed by atoms with Crippen LogP contribution in [-0.4, -0.2) is 37.2 Å². The van der Waals surface area contributed by atoms with Crippen LogP contribution in [0.2, 0.25) is 0 Å². The maximum atomic E-state index is 12.2. The Morgan fingerprint density at radius 2 is 1.81 bits per heavy atom. The van der Waals surface area contributed by atoms with Crippen LogP contribution in [0.5, 0.6) is 0 Å². The van der Waals surface area contributed by atoms with Crippen LogP contribution >= 0.6 is 34.8 Å². The number of rotatable bonds is 7. The van der Waals surface area contributed by atoms with Crippen molar-refractivity contribution in [2.75, 3.05) is 25.6 Å². The monoisotopic (exact) mass is 497 g/mol. The minimum atomic E-state index is -0.280. The lowest BCUT2D eigenvalue weighted by Crippen LogP contribution is -2.34. The van der Waals surface area contributed by atoms with E-state index in [1.54, 1.807) is 43.5 Å². The third-order valence-corrected chi connectivity index (χ3v) is 4.40. The van der Waals surface area contributed by atoms with Crippen molar-refractivity contribution < 1.29 is 14.3 Å². The number of hydrogen-bond acceptors (Lipinski definition) is 4. The van der Waals surface area contributed by atoms with Crippen molar-refractivity contribution in [3.63, 3.8) is 0 Å². The van der Waals surface area contributed by atoms with Gasteiger partial charge in [0.2, 0.25) is 0 Å². The van der Waals surface area contributed by atoms with Gasteiger partial charge in [0, 0.05) is 40.6 Å². The Kier molecular flexibility index (Phi) is 8.62. The van der Waals surface area contributed by atoms with E-state index in [2.05, 4.69) is 38.5 Å². The smallest absolute Gasteiger partial charge is 0.257 e. The molecule has 2 aromatic rings. The van der Waals surface area contributed by atoms with Gasteiger partial charge in [0.15, 0.2) is 5.11 Å². The second-order valence-corrected chi connectivity index (χ2v) is 7.25. The van der Waals surface area contributed by atoms with E-state index in [9.17, 15) is 9.59 Å². The predicted molar refractivity (Wildman–Crippen MR) is 118 cm³/mol. The zero-order valence-electron chi connectivity index (χ0n) is 14.8. The lowest BCUT2D eigenvalue weighted by molar-refractivity contribution is 0.0946. The van der Waals surface area contributed by atoms with Gasteiger partial charge in [0.05, 0.1) is 0 Å². The largest absolute Gasteiger partial charge is 0.385 e. The Balaban J connectivity index is 1.85. The SMILES string of the molecule is COCCCNC(=O)c1ccc(NC(=S)NC(=O)c2cccc(I)c2)cc1. The van der Waals surface area contributed by atoms with E-state index >= 15 is 0 Å². The Labute approximate surface area is 177 Å². The molecule has 2 rings (SSSR count). The molecule has 2 amide bonds. The average molecular weight is 497 g/mol. The zero-order chi connectivity index (χ0) is 19.6. The highest BCUT2D eigenvalue weighted by Gasteiger charge is 2.09. The molecular weight excluding hydrogens is 477 g/mol. The third kappa shape index (κ3) is 7.24. The summed E-state index contributed by atoms with van der Waals surface area (Å²) < 4.78 is 5.91. The Hall–Kier alpha value is -2.04. The molecular formula is C19H20IN3O3S. The number of methoxy groups -OCH3 is 1. The van der Waals surface area contributed by atoms with Crippen LogP contribution in [0.4, 0.5) is 5.69 Å². The van der Waals surface area contributed by atoms with Crippen LogP contribution in [0.25, 0.3) is 0 Å². The van der Waals surface area contributed by atoms with Gasteiger partial charge in [-0.3, -0.25) is 14.9 Å². The zero-order valence-corrected chi connectivity index (χ0v) is 17.7. The molecule has 142 valence electrons. The number of benzene rings is 2. The van der Waals surface area contributed by atoms with Gasteiger partial charge >= 0.3 is 0 Å². The van der Waals surface area contributed by atoms with E-state index in [0.717, 1.165) is 9.99 Å². The van der Waals surface area contributed by atoms with Gasteiger partial charge in [0.1, 0.15) is 0 Å². The summed E-state index contributed by atoms with van der Waals surface area (Å²) in [5, 5.41) is 8.58. The summed E-state index contributed by atoms with van der Waals surface area (Å²) in [5.41, 5.74) is 1.76. The number of nitrogens with one attached hydrogen (secondary N) is 3. The molecule has 0 spiro atoms. The van der Waals surface area contributed by atoms with Crippen LogP contribution < -0.4 is 16.0 Å². The van der Waals surface area contributed by atoms with E-state index in [1.807, 2.05) is 12.1 Å². The normalized spacial score (nSPS) is 10.1. The van der Waals surface area contributed by atoms with Crippen molar-refractivity contribution in [3.05, 3.63) is 63.2 Å². The van der Waals surface area contributed by atoms with Gasteiger partial charge in [-0.15, -0.1) is 0 Å². The molecule has 27 heavy (non-hydrogen) atoms. The molecule has 3 N–H and O–H groups in total. The summed E-state index contributed by atoms with van der Waals surface area (Å²) in [6.45, 7) is 1.16. The molecule has 0 bridgehead atoms. The number of hydrogen-bond donors (Lipinski definition) is 3. The maximum absolute atomic E-state index is 12.2. The number of carbonyl (C=O) groups excluding carboxylic acids is 2. The molecule has 0 aliphatic heterocycles. The Morgan fingerprint density at radius 3 is 2.48 bits per heavy atom. The fraction of sp³-hybridized carbons (Fsp3) is 0.211. The number of ether oxygens (including phenoxy) is 1. The van der Waals surface area contributed by atoms with E-state index in [0.29, 0.717) is 30.0 Å². The summed E-state index contributed by atoms with van der Waals surface area (Å²) in [7, 11) is 1.63. The number of anilines is 1. The van der Waals surface area contributed by atoms with Crippen LogP contribution in [0.15, 0.2) is 48.5 Å². The lowest BCUT2D eigenvalue weighted by Gasteiger charge is -2.10. The fourth-order valence-corrected chi connectivity index (χ4v) is 2.95. The standard InChI is InChI=1S/C19H20IN3O3S/c1-26-11-3-10-21-17(24)13-6-8-16(9-7-13)22-19(27)23-18(25)14-4-2-5-15(20)12-14/h2,4-9,12H,3,10-11H2,1H3,(H,21,24)(H2,22,23,25,27). The van der Waals surface area contributed by atoms with E-state index in [4.69, 9.17) is 17.0 Å². The van der Waals surface area contributed by atoms with E-state index in [-0.39, 0.29) is 16.9 Å². The predicted octanol–water partition coefficient (Wildman–Crippen LogP) is 3.18. The van der Waals surface area contributed by atoms with Gasteiger partial charge in [-0.05, 0) is 83.7 Å². The molecule has 0 fully saturated rings. The maximum Gasteiger partial charge on any atom is 0.257 e. The van der Waals surface area contributed by atoms with Gasteiger partial charge in [-0.25, -0.2) is 0 Å². The van der Waals surface area contributed by atoms with Gasteiger partial charge in [0.25, 0.3) is 11.8 Å². The van der Waals surface area contributed by atoms with Gasteiger partial charge in [-0.2, -0.15) is 0 Å². The second kappa shape index (κ2) is 11.0. The molecule has 6 nitrogen and oxygen atoms in total. The highest BCUT2D eigenvalue weighted by molar-refractivity contribution is 14.1. The molecule has 8 heteroatoms. The molecule has 0 atom stereocenters. The molecule has 0 heterocycles. The number of thiocarbonyl (C=S) groups is 1. The first-order chi connectivity index (χ1) is 13.0. The van der Waals surface area contributed by atoms with E-state index < -0.39 is 0 Å². The first-order valence-corrected chi connectivity index (χ1v) is 9.73. The number of halogens is 1. The summed E-state index contributed by atoms with van der Waals surface area (Å²) in [6.07, 6.45) is 0.760. The minimum absolute atomic E-state index is 0.146. The molecule has 0 unspecified atom stereocenters. The molecule has 0 aliphatic rings. The topological polar surface area (TPSA) is 79.5 Å². The van der Waals surface area contributed by atoms with Crippen LogP contribution in [0.3, 0.4) is 0 Å². The number of carbonyl (C=O) groups is 2. The lowest BCUT2D eigenvalue weighted by atomic mass is 10.2. The van der Waals surface area contributed by atoms with Crippen LogP contribution in [-0.2, 0) is 4.74 Å². The van der Waals surface area contributed by atoms with Gasteiger partial charge < -0.3 is 15.4 Å². The van der Waals surface area contributed by atoms with Crippen molar-refractivity contribution in [1.29, 1.82) is 0 Å². The fourth-order valence-electron chi connectivity index (χ4n) is 2.19. The van der Waals surface area contributed by atoms with Crippen molar-refractivity contribution in [3.8, 4) is 0 Å². The third-order valence-electron chi connectivity index (χ3n) is 3.53. The first-order valence-electron chi connectivity index (χ1n) is 8.24. The molecule has 0 aromatic heterocycles. The molecule has 0 aliphatic carbocycles. The molecule has 0 radical (unpaired) electrons. The minimum Gasteiger partial charge on any atom is -0.385 e. The highest BCUT2D eigenvalue weighted by atomic mass is 127. The Morgan fingerprint density at radius 1 is 1.07 bits per heavy atom. The highest BCUT2D eigenvalue weighted by Crippen LogP contribution is 2.10. The van der Waals surface area contributed by atoms with Crippen molar-refractivity contribution >= 4 is 57.4 Å². The van der Waals surface area contributed by atoms with Crippen molar-refractivity contribution in [1.82, 2.24) is 10.6 Å². The molecule has 0 saturated carbocycles. The summed E-state index contributed by atoms with van der Waals surface area (Å²) >= 11 is 7.32. The van der Waals surface area contributed by atoms with Gasteiger partial charge in [-0.1, -0.05) is 6.07 Å². The van der Waals surface area contributed by atoms with E-state index in [1.165, 1.54) is 0 Å². The second-order valence-electron chi connectivity index (χ2n) is 5.60. The quantitative estimate of drug-likeness (QED) is 0.311. The summed E-state index contributed by atoms with van der Waals surface area (Å²) in [6, 6.07) is 14.1. The van der Waals surface area contributed by atoms with Crippen LogP contribution in [0.1, 0.15) is 27.1 Å². The summed E-state index contributed by atoms with van der Waals surface area (Å²) in [5.74, 6) is -0.426. The molecule has 0 saturated heterocycles. The van der Waals surface area contributed by atoms with Crippen molar-refractivity contribution in [2.45, 2.75) is 6.42 Å². The number of amides is 2. The summed E-state index contributed by atoms with van der Waals surface area (Å²) in [4.78, 5) is 24.2. The first kappa shape index (κ1) is 21.3.